The number of rotatable bonds is 3. The number of hydrogen-bond donors (Lipinski definition) is 1. The minimum Gasteiger partial charge on any atom is -0.205 e. The van der Waals surface area contributed by atoms with Gasteiger partial charge in [0.2, 0.25) is 0 Å². The molecule has 0 bridgehead atoms. The Bertz CT molecular complexity index is 477. The number of hydrogen-bond acceptors (Lipinski definition) is 2. The van der Waals surface area contributed by atoms with Crippen LogP contribution in [0, 0.1) is 6.92 Å². The summed E-state index contributed by atoms with van der Waals surface area (Å²) >= 11 is 4.40. The van der Waals surface area contributed by atoms with Crippen LogP contribution < -0.4 is 4.68 Å². The highest BCUT2D eigenvalue weighted by Crippen LogP contribution is 2.08. The molecule has 2 rings (SSSR count). The summed E-state index contributed by atoms with van der Waals surface area (Å²) < 4.78 is 4.05. The van der Waals surface area contributed by atoms with Gasteiger partial charge in [0.15, 0.2) is 5.69 Å². The van der Waals surface area contributed by atoms with Gasteiger partial charge in [-0.3, -0.25) is 0 Å². The highest BCUT2D eigenvalue weighted by molar-refractivity contribution is 7.80. The Kier molecular flexibility index (Phi) is 3.29. The molecule has 3 nitrogen and oxygen atoms in total. The molecule has 0 aliphatic carbocycles. The minimum atomic E-state index is 0.767. The predicted octanol–water partition coefficient (Wildman–Crippen LogP) is 2.17. The van der Waals surface area contributed by atoms with Crippen molar-refractivity contribution in [2.24, 2.45) is 0 Å². The fourth-order valence-corrected chi connectivity index (χ4v) is 2.11. The average Bonchev–Trinajstić information content (AvgIpc) is 2.59. The molecule has 0 atom stereocenters. The van der Waals surface area contributed by atoms with E-state index in [0.29, 0.717) is 0 Å². The summed E-state index contributed by atoms with van der Waals surface area (Å²) in [5, 5.41) is 5.21. The molecule has 4 heteroatoms. The molecule has 0 N–H and O–H groups in total. The van der Waals surface area contributed by atoms with E-state index in [-0.39, 0.29) is 0 Å². The van der Waals surface area contributed by atoms with Crippen LogP contribution in [0.25, 0.3) is 5.69 Å². The molecule has 0 fully saturated rings. The number of para-hydroxylation sites is 1. The molecule has 1 aromatic heterocycles. The summed E-state index contributed by atoms with van der Waals surface area (Å²) in [5.41, 5.74) is 1.07. The lowest BCUT2D eigenvalue weighted by Gasteiger charge is -1.96. The molecule has 1 heterocycles. The lowest BCUT2D eigenvalue weighted by molar-refractivity contribution is -0.665. The van der Waals surface area contributed by atoms with E-state index in [1.165, 1.54) is 0 Å². The van der Waals surface area contributed by atoms with E-state index in [0.717, 1.165) is 29.6 Å². The van der Waals surface area contributed by atoms with Crippen LogP contribution in [0.1, 0.15) is 19.2 Å². The molecular weight excluding hydrogens is 218 g/mol. The van der Waals surface area contributed by atoms with E-state index >= 15 is 0 Å². The fraction of sp³-hybridized carbons (Fsp3) is 0.333. The maximum absolute atomic E-state index is 4.44. The van der Waals surface area contributed by atoms with E-state index in [4.69, 9.17) is 0 Å². The monoisotopic (exact) mass is 234 g/mol. The van der Waals surface area contributed by atoms with Crippen LogP contribution >= 0.6 is 12.6 Å². The van der Waals surface area contributed by atoms with E-state index in [2.05, 4.69) is 36.1 Å². The van der Waals surface area contributed by atoms with E-state index in [1.807, 2.05) is 35.0 Å². The second kappa shape index (κ2) is 4.70. The van der Waals surface area contributed by atoms with Crippen LogP contribution in [0.2, 0.25) is 0 Å². The average molecular weight is 234 g/mol. The summed E-state index contributed by atoms with van der Waals surface area (Å²) in [6, 6.07) is 10.1. The molecule has 0 aliphatic rings. The Morgan fingerprint density at radius 2 is 2.00 bits per heavy atom. The van der Waals surface area contributed by atoms with Gasteiger partial charge in [-0.05, 0) is 23.7 Å². The van der Waals surface area contributed by atoms with Crippen molar-refractivity contribution in [2.75, 3.05) is 0 Å². The molecule has 0 saturated carbocycles. The maximum atomic E-state index is 4.44. The van der Waals surface area contributed by atoms with Gasteiger partial charge < -0.3 is 0 Å². The number of nitrogens with zero attached hydrogens (tertiary/aromatic N) is 3. The molecule has 0 saturated heterocycles. The van der Waals surface area contributed by atoms with Crippen molar-refractivity contribution in [2.45, 2.75) is 32.0 Å². The number of thiol groups is 1. The smallest absolute Gasteiger partial charge is 0.205 e. The Morgan fingerprint density at radius 3 is 2.62 bits per heavy atom. The minimum absolute atomic E-state index is 0.767. The standard InChI is InChI=1S/C12H15N3S/c1-3-9-14-10(2)15(13-12(14)16)11-7-5-4-6-8-11/h4-8H,3,9H2,1-2H3/p+1. The van der Waals surface area contributed by atoms with Crippen LogP contribution in [-0.4, -0.2) is 9.67 Å². The summed E-state index contributed by atoms with van der Waals surface area (Å²) in [6.07, 6.45) is 1.08. The third kappa shape index (κ3) is 1.97. The van der Waals surface area contributed by atoms with Crippen molar-refractivity contribution in [3.63, 3.8) is 0 Å². The van der Waals surface area contributed by atoms with Gasteiger partial charge in [-0.1, -0.05) is 42.4 Å². The lowest BCUT2D eigenvalue weighted by atomic mass is 10.3. The molecule has 0 aliphatic heterocycles. The van der Waals surface area contributed by atoms with E-state index in [1.54, 1.807) is 0 Å². The van der Waals surface area contributed by atoms with Crippen LogP contribution in [0.3, 0.4) is 0 Å². The normalized spacial score (nSPS) is 10.7. The van der Waals surface area contributed by atoms with Gasteiger partial charge in [0.25, 0.3) is 11.0 Å². The topological polar surface area (TPSA) is 21.7 Å². The SMILES string of the molecule is CCCn1c(S)n[n+](-c2ccccc2)c1C. The van der Waals surface area contributed by atoms with Gasteiger partial charge in [-0.15, -0.1) is 0 Å². The largest absolute Gasteiger partial charge is 0.292 e. The highest BCUT2D eigenvalue weighted by Gasteiger charge is 2.19. The van der Waals surface area contributed by atoms with Gasteiger partial charge in [-0.2, -0.15) is 0 Å². The predicted molar refractivity (Wildman–Crippen MR) is 66.0 cm³/mol. The molecule has 1 aromatic carbocycles. The van der Waals surface area contributed by atoms with E-state index in [9.17, 15) is 0 Å². The first kappa shape index (κ1) is 11.2. The second-order valence-electron chi connectivity index (χ2n) is 3.75. The molecule has 84 valence electrons. The molecule has 0 radical (unpaired) electrons. The highest BCUT2D eigenvalue weighted by atomic mass is 32.1. The molecule has 0 amide bonds. The zero-order chi connectivity index (χ0) is 11.5. The Balaban J connectivity index is 2.47. The quantitative estimate of drug-likeness (QED) is 0.638. The van der Waals surface area contributed by atoms with Gasteiger partial charge >= 0.3 is 0 Å². The van der Waals surface area contributed by atoms with Gasteiger partial charge in [0.05, 0.1) is 6.54 Å². The van der Waals surface area contributed by atoms with Gasteiger partial charge in [0, 0.05) is 6.92 Å². The van der Waals surface area contributed by atoms with Gasteiger partial charge in [-0.25, -0.2) is 4.57 Å². The van der Waals surface area contributed by atoms with Crippen LogP contribution in [0.15, 0.2) is 35.5 Å². The first-order valence-corrected chi connectivity index (χ1v) is 5.92. The molecule has 16 heavy (non-hydrogen) atoms. The third-order valence-corrected chi connectivity index (χ3v) is 2.91. The molecule has 2 aromatic rings. The van der Waals surface area contributed by atoms with Crippen molar-refractivity contribution >= 4 is 12.6 Å². The zero-order valence-electron chi connectivity index (χ0n) is 9.59. The Labute approximate surface area is 101 Å². The Morgan fingerprint density at radius 1 is 1.31 bits per heavy atom. The first-order chi connectivity index (χ1) is 7.74. The Hall–Kier alpha value is -1.29. The summed E-state index contributed by atoms with van der Waals surface area (Å²) in [7, 11) is 0. The van der Waals surface area contributed by atoms with Crippen LogP contribution in [0.4, 0.5) is 0 Å². The zero-order valence-corrected chi connectivity index (χ0v) is 10.5. The van der Waals surface area contributed by atoms with Crippen LogP contribution in [0.5, 0.6) is 0 Å². The van der Waals surface area contributed by atoms with Crippen molar-refractivity contribution in [1.82, 2.24) is 9.67 Å². The number of aromatic nitrogens is 3. The summed E-state index contributed by atoms with van der Waals surface area (Å²) in [4.78, 5) is 0. The van der Waals surface area contributed by atoms with Crippen molar-refractivity contribution in [3.8, 4) is 5.69 Å². The van der Waals surface area contributed by atoms with E-state index < -0.39 is 0 Å². The molecule has 0 unspecified atom stereocenters. The first-order valence-electron chi connectivity index (χ1n) is 5.48. The lowest BCUT2D eigenvalue weighted by Crippen LogP contribution is -2.36. The van der Waals surface area contributed by atoms with Crippen molar-refractivity contribution < 1.29 is 4.68 Å². The van der Waals surface area contributed by atoms with Crippen molar-refractivity contribution in [3.05, 3.63) is 36.2 Å². The van der Waals surface area contributed by atoms with Gasteiger partial charge in [0.1, 0.15) is 0 Å². The summed E-state index contributed by atoms with van der Waals surface area (Å²) in [5.74, 6) is 1.11. The second-order valence-corrected chi connectivity index (χ2v) is 4.15. The van der Waals surface area contributed by atoms with Crippen LogP contribution in [-0.2, 0) is 6.54 Å². The van der Waals surface area contributed by atoms with Crippen molar-refractivity contribution in [1.29, 1.82) is 0 Å². The summed E-state index contributed by atoms with van der Waals surface area (Å²) in [6.45, 7) is 5.17. The number of benzene rings is 1. The molecule has 0 spiro atoms. The molecular formula is C12H16N3S+. The third-order valence-electron chi connectivity index (χ3n) is 2.58. The maximum Gasteiger partial charge on any atom is 0.292 e. The fourth-order valence-electron chi connectivity index (χ4n) is 1.77.